The van der Waals surface area contributed by atoms with Crippen molar-refractivity contribution in [2.75, 3.05) is 12.4 Å². The van der Waals surface area contributed by atoms with Crippen molar-refractivity contribution in [2.45, 2.75) is 13.2 Å². The zero-order chi connectivity index (χ0) is 20.1. The third-order valence-corrected chi connectivity index (χ3v) is 5.54. The van der Waals surface area contributed by atoms with Gasteiger partial charge in [-0.15, -0.1) is 0 Å². The summed E-state index contributed by atoms with van der Waals surface area (Å²) in [5, 5.41) is 4.34. The van der Waals surface area contributed by atoms with Crippen LogP contribution in [-0.4, -0.2) is 7.11 Å². The Hall–Kier alpha value is -1.95. The average molecular weight is 485 g/mol. The number of ether oxygens (including phenoxy) is 2. The van der Waals surface area contributed by atoms with Crippen molar-refractivity contribution in [2.24, 2.45) is 0 Å². The topological polar surface area (TPSA) is 30.5 Å². The number of halogens is 4. The van der Waals surface area contributed by atoms with Crippen LogP contribution >= 0.6 is 39.1 Å². The van der Waals surface area contributed by atoms with Crippen LogP contribution in [-0.2, 0) is 13.2 Å². The molecular weight excluding hydrogens is 468 g/mol. The second-order valence-corrected chi connectivity index (χ2v) is 7.61. The Bertz CT molecular complexity index is 947. The lowest BCUT2D eigenvalue weighted by atomic mass is 10.2. The van der Waals surface area contributed by atoms with Crippen molar-refractivity contribution in [3.05, 3.63) is 86.1 Å². The SMILES string of the molecule is COc1cc(CNc2ccc(F)cc2)c(Br)cc1OCc1c(Cl)cccc1Cl. The van der Waals surface area contributed by atoms with Gasteiger partial charge in [0.15, 0.2) is 11.5 Å². The summed E-state index contributed by atoms with van der Waals surface area (Å²) in [6.45, 7) is 0.744. The van der Waals surface area contributed by atoms with Crippen molar-refractivity contribution >= 4 is 44.8 Å². The molecule has 0 atom stereocenters. The Balaban J connectivity index is 1.74. The number of benzene rings is 3. The highest BCUT2D eigenvalue weighted by Crippen LogP contribution is 2.35. The monoisotopic (exact) mass is 483 g/mol. The van der Waals surface area contributed by atoms with Crippen LogP contribution in [0.5, 0.6) is 11.5 Å². The van der Waals surface area contributed by atoms with Gasteiger partial charge in [0, 0.05) is 32.3 Å². The van der Waals surface area contributed by atoms with E-state index in [-0.39, 0.29) is 12.4 Å². The highest BCUT2D eigenvalue weighted by molar-refractivity contribution is 9.10. The molecule has 0 unspecified atom stereocenters. The molecule has 3 aromatic rings. The molecule has 146 valence electrons. The molecule has 0 heterocycles. The van der Waals surface area contributed by atoms with Crippen LogP contribution in [0.3, 0.4) is 0 Å². The van der Waals surface area contributed by atoms with E-state index in [2.05, 4.69) is 21.2 Å². The maximum Gasteiger partial charge on any atom is 0.162 e. The molecular formula is C21H17BrCl2FNO2. The first kappa shape index (κ1) is 20.8. The third kappa shape index (κ3) is 5.10. The molecule has 0 aliphatic carbocycles. The fourth-order valence-corrected chi connectivity index (χ4v) is 3.54. The van der Waals surface area contributed by atoms with Crippen LogP contribution in [0.15, 0.2) is 59.1 Å². The lowest BCUT2D eigenvalue weighted by Gasteiger charge is -2.16. The number of hydrogen-bond acceptors (Lipinski definition) is 3. The van der Waals surface area contributed by atoms with Crippen molar-refractivity contribution in [1.29, 1.82) is 0 Å². The number of methoxy groups -OCH3 is 1. The Morgan fingerprint density at radius 3 is 2.32 bits per heavy atom. The van der Waals surface area contributed by atoms with Crippen LogP contribution in [0.2, 0.25) is 10.0 Å². The molecule has 0 fully saturated rings. The van der Waals surface area contributed by atoms with Gasteiger partial charge in [0.25, 0.3) is 0 Å². The Labute approximate surface area is 181 Å². The first-order valence-electron chi connectivity index (χ1n) is 8.39. The van der Waals surface area contributed by atoms with Crippen LogP contribution in [0, 0.1) is 5.82 Å². The van der Waals surface area contributed by atoms with Crippen molar-refractivity contribution in [3.8, 4) is 11.5 Å². The predicted molar refractivity (Wildman–Crippen MR) is 115 cm³/mol. The number of nitrogens with one attached hydrogen (secondary N) is 1. The van der Waals surface area contributed by atoms with Crippen LogP contribution in [0.1, 0.15) is 11.1 Å². The second kappa shape index (κ2) is 9.50. The smallest absolute Gasteiger partial charge is 0.162 e. The highest BCUT2D eigenvalue weighted by Gasteiger charge is 2.13. The Kier molecular flexibility index (Phi) is 7.05. The van der Waals surface area contributed by atoms with Crippen LogP contribution in [0.4, 0.5) is 10.1 Å². The van der Waals surface area contributed by atoms with E-state index in [4.69, 9.17) is 32.7 Å². The van der Waals surface area contributed by atoms with E-state index in [9.17, 15) is 4.39 Å². The summed E-state index contributed by atoms with van der Waals surface area (Å²) in [6.07, 6.45) is 0. The van der Waals surface area contributed by atoms with Gasteiger partial charge < -0.3 is 14.8 Å². The van der Waals surface area contributed by atoms with Gasteiger partial charge in [-0.25, -0.2) is 4.39 Å². The molecule has 3 nitrogen and oxygen atoms in total. The van der Waals surface area contributed by atoms with Gasteiger partial charge in [0.2, 0.25) is 0 Å². The minimum absolute atomic E-state index is 0.217. The number of rotatable bonds is 7. The van der Waals surface area contributed by atoms with Gasteiger partial charge in [-0.2, -0.15) is 0 Å². The predicted octanol–water partition coefficient (Wildman–Crippen LogP) is 7.09. The van der Waals surface area contributed by atoms with Crippen molar-refractivity contribution in [3.63, 3.8) is 0 Å². The summed E-state index contributed by atoms with van der Waals surface area (Å²) in [6, 6.07) is 15.2. The number of anilines is 1. The molecule has 0 amide bonds. The van der Waals surface area contributed by atoms with E-state index in [1.807, 2.05) is 12.1 Å². The summed E-state index contributed by atoms with van der Waals surface area (Å²) in [7, 11) is 1.58. The second-order valence-electron chi connectivity index (χ2n) is 5.94. The van der Waals surface area contributed by atoms with Gasteiger partial charge in [-0.3, -0.25) is 0 Å². The quantitative estimate of drug-likeness (QED) is 0.388. The molecule has 0 saturated heterocycles. The van der Waals surface area contributed by atoms with Gasteiger partial charge in [-0.1, -0.05) is 45.2 Å². The van der Waals surface area contributed by atoms with E-state index in [1.165, 1.54) is 12.1 Å². The molecule has 0 saturated carbocycles. The van der Waals surface area contributed by atoms with Gasteiger partial charge >= 0.3 is 0 Å². The minimum atomic E-state index is -0.270. The first-order valence-corrected chi connectivity index (χ1v) is 9.94. The van der Waals surface area contributed by atoms with E-state index in [1.54, 1.807) is 37.4 Å². The molecule has 0 aliphatic heterocycles. The molecule has 0 aromatic heterocycles. The molecule has 3 rings (SSSR count). The third-order valence-electron chi connectivity index (χ3n) is 4.09. The highest BCUT2D eigenvalue weighted by atomic mass is 79.9. The lowest BCUT2D eigenvalue weighted by Crippen LogP contribution is -2.03. The normalized spacial score (nSPS) is 10.6. The fourth-order valence-electron chi connectivity index (χ4n) is 2.57. The Morgan fingerprint density at radius 1 is 1.00 bits per heavy atom. The zero-order valence-corrected chi connectivity index (χ0v) is 18.0. The zero-order valence-electron chi connectivity index (χ0n) is 14.9. The van der Waals surface area contributed by atoms with Crippen LogP contribution in [0.25, 0.3) is 0 Å². The summed E-state index contributed by atoms with van der Waals surface area (Å²) < 4.78 is 25.2. The van der Waals surface area contributed by atoms with Gasteiger partial charge in [0.05, 0.1) is 7.11 Å². The molecule has 0 spiro atoms. The van der Waals surface area contributed by atoms with E-state index < -0.39 is 0 Å². The molecule has 1 N–H and O–H groups in total. The Morgan fingerprint density at radius 2 is 1.68 bits per heavy atom. The molecule has 0 aliphatic rings. The molecule has 28 heavy (non-hydrogen) atoms. The molecule has 3 aromatic carbocycles. The number of hydrogen-bond donors (Lipinski definition) is 1. The minimum Gasteiger partial charge on any atom is -0.493 e. The summed E-state index contributed by atoms with van der Waals surface area (Å²) >= 11 is 16.0. The van der Waals surface area contributed by atoms with Gasteiger partial charge in [0.1, 0.15) is 12.4 Å². The summed E-state index contributed by atoms with van der Waals surface area (Å²) in [5.41, 5.74) is 2.50. The fraction of sp³-hybridized carbons (Fsp3) is 0.143. The maximum atomic E-state index is 13.0. The first-order chi connectivity index (χ1) is 13.5. The summed E-state index contributed by atoms with van der Waals surface area (Å²) in [4.78, 5) is 0. The van der Waals surface area contributed by atoms with E-state index in [0.29, 0.717) is 33.7 Å². The summed E-state index contributed by atoms with van der Waals surface area (Å²) in [5.74, 6) is 0.881. The standard InChI is InChI=1S/C21H17BrCl2FNO2/c1-27-20-9-13(11-26-15-7-5-14(25)6-8-15)17(22)10-21(20)28-12-16-18(23)3-2-4-19(16)24/h2-10,26H,11-12H2,1H3. The van der Waals surface area contributed by atoms with Crippen molar-refractivity contribution < 1.29 is 13.9 Å². The maximum absolute atomic E-state index is 13.0. The average Bonchev–Trinajstić information content (AvgIpc) is 2.68. The van der Waals surface area contributed by atoms with Crippen molar-refractivity contribution in [1.82, 2.24) is 0 Å². The van der Waals surface area contributed by atoms with Crippen LogP contribution < -0.4 is 14.8 Å². The largest absolute Gasteiger partial charge is 0.493 e. The van der Waals surface area contributed by atoms with E-state index in [0.717, 1.165) is 15.7 Å². The van der Waals surface area contributed by atoms with E-state index >= 15 is 0 Å². The molecule has 7 heteroatoms. The van der Waals surface area contributed by atoms with Gasteiger partial charge in [-0.05, 0) is 54.1 Å². The molecule has 0 radical (unpaired) electrons. The molecule has 0 bridgehead atoms. The lowest BCUT2D eigenvalue weighted by molar-refractivity contribution is 0.284.